The molecule has 76 valence electrons. The van der Waals surface area contributed by atoms with Crippen molar-refractivity contribution in [1.29, 1.82) is 21.0 Å². The molecule has 0 aromatic heterocycles. The standard InChI is InChI=1S/C11H12N4/c12-7-4-2-1-3-5-11(9-14,10-15)6-8-13/h1-6H2. The van der Waals surface area contributed by atoms with Crippen LogP contribution in [0, 0.1) is 50.7 Å². The van der Waals surface area contributed by atoms with E-state index in [4.69, 9.17) is 21.0 Å². The largest absolute Gasteiger partial charge is 0.198 e. The van der Waals surface area contributed by atoms with Crippen LogP contribution in [0.5, 0.6) is 0 Å². The molecule has 0 unspecified atom stereocenters. The number of hydrogen-bond acceptors (Lipinski definition) is 4. The fraction of sp³-hybridized carbons (Fsp3) is 0.636. The predicted molar refractivity (Wildman–Crippen MR) is 52.6 cm³/mol. The van der Waals surface area contributed by atoms with Gasteiger partial charge in [-0.25, -0.2) is 0 Å². The molecule has 0 aliphatic rings. The lowest BCUT2D eigenvalue weighted by atomic mass is 9.83. The number of hydrogen-bond donors (Lipinski definition) is 0. The first-order chi connectivity index (χ1) is 7.24. The molecule has 0 saturated carbocycles. The van der Waals surface area contributed by atoms with E-state index in [-0.39, 0.29) is 6.42 Å². The molecule has 0 aromatic rings. The van der Waals surface area contributed by atoms with Gasteiger partial charge in [-0.15, -0.1) is 0 Å². The molecule has 0 spiro atoms. The quantitative estimate of drug-likeness (QED) is 0.615. The van der Waals surface area contributed by atoms with Crippen LogP contribution < -0.4 is 0 Å². The van der Waals surface area contributed by atoms with Crippen molar-refractivity contribution in [2.45, 2.75) is 38.5 Å². The summed E-state index contributed by atoms with van der Waals surface area (Å²) in [6, 6.07) is 7.72. The van der Waals surface area contributed by atoms with E-state index in [9.17, 15) is 0 Å². The summed E-state index contributed by atoms with van der Waals surface area (Å²) in [6.07, 6.45) is 3.20. The summed E-state index contributed by atoms with van der Waals surface area (Å²) >= 11 is 0. The van der Waals surface area contributed by atoms with Crippen molar-refractivity contribution < 1.29 is 0 Å². The third kappa shape index (κ3) is 4.66. The Bertz CT molecular complexity index is 331. The second kappa shape index (κ2) is 7.37. The molecule has 0 amide bonds. The smallest absolute Gasteiger partial charge is 0.156 e. The Morgan fingerprint density at radius 3 is 1.93 bits per heavy atom. The Morgan fingerprint density at radius 1 is 0.800 bits per heavy atom. The van der Waals surface area contributed by atoms with Gasteiger partial charge >= 0.3 is 0 Å². The fourth-order valence-electron chi connectivity index (χ4n) is 1.25. The van der Waals surface area contributed by atoms with Gasteiger partial charge in [0.1, 0.15) is 0 Å². The molecule has 0 fully saturated rings. The summed E-state index contributed by atoms with van der Waals surface area (Å²) < 4.78 is 0. The third-order valence-corrected chi connectivity index (χ3v) is 2.20. The SMILES string of the molecule is N#CCCCCCC(C#N)(C#N)CC#N. The zero-order chi connectivity index (χ0) is 11.6. The molecule has 4 nitrogen and oxygen atoms in total. The Labute approximate surface area is 90.0 Å². The van der Waals surface area contributed by atoms with Gasteiger partial charge in [0.25, 0.3) is 0 Å². The maximum Gasteiger partial charge on any atom is 0.156 e. The van der Waals surface area contributed by atoms with E-state index >= 15 is 0 Å². The zero-order valence-corrected chi connectivity index (χ0v) is 8.53. The van der Waals surface area contributed by atoms with E-state index < -0.39 is 5.41 Å². The first kappa shape index (κ1) is 13.0. The monoisotopic (exact) mass is 200 g/mol. The van der Waals surface area contributed by atoms with Crippen molar-refractivity contribution in [3.63, 3.8) is 0 Å². The molecular weight excluding hydrogens is 188 g/mol. The average Bonchev–Trinajstić information content (AvgIpc) is 2.27. The molecule has 15 heavy (non-hydrogen) atoms. The van der Waals surface area contributed by atoms with Crippen LogP contribution in [0.3, 0.4) is 0 Å². The van der Waals surface area contributed by atoms with Gasteiger partial charge in [-0.2, -0.15) is 21.0 Å². The summed E-state index contributed by atoms with van der Waals surface area (Å²) in [6.45, 7) is 0. The average molecular weight is 200 g/mol. The maximum absolute atomic E-state index is 8.83. The molecule has 0 rings (SSSR count). The number of nitrogens with zero attached hydrogens (tertiary/aromatic N) is 4. The molecule has 0 saturated heterocycles. The summed E-state index contributed by atoms with van der Waals surface area (Å²) in [5, 5.41) is 34.5. The lowest BCUT2D eigenvalue weighted by Crippen LogP contribution is -2.15. The van der Waals surface area contributed by atoms with E-state index in [1.807, 2.05) is 24.3 Å². The van der Waals surface area contributed by atoms with Crippen LogP contribution in [0.1, 0.15) is 38.5 Å². The summed E-state index contributed by atoms with van der Waals surface area (Å²) in [5.74, 6) is 0. The van der Waals surface area contributed by atoms with Crippen molar-refractivity contribution in [3.8, 4) is 24.3 Å². The molecular formula is C11H12N4. The molecule has 0 aliphatic carbocycles. The topological polar surface area (TPSA) is 95.2 Å². The highest BCUT2D eigenvalue weighted by atomic mass is 14.4. The highest BCUT2D eigenvalue weighted by molar-refractivity contribution is 5.16. The van der Waals surface area contributed by atoms with Crippen LogP contribution >= 0.6 is 0 Å². The highest BCUT2D eigenvalue weighted by Crippen LogP contribution is 2.27. The maximum atomic E-state index is 8.83. The molecule has 4 heteroatoms. The second-order valence-electron chi connectivity index (χ2n) is 3.36. The molecule has 0 bridgehead atoms. The van der Waals surface area contributed by atoms with E-state index in [1.165, 1.54) is 0 Å². The van der Waals surface area contributed by atoms with Crippen molar-refractivity contribution in [2.75, 3.05) is 0 Å². The van der Waals surface area contributed by atoms with Gasteiger partial charge in [-0.1, -0.05) is 12.8 Å². The first-order valence-electron chi connectivity index (χ1n) is 4.81. The number of unbranched alkanes of at least 4 members (excludes halogenated alkanes) is 3. The molecule has 0 atom stereocenters. The molecule has 0 heterocycles. The summed E-state index contributed by atoms with van der Waals surface area (Å²) in [4.78, 5) is 0. The van der Waals surface area contributed by atoms with Crippen molar-refractivity contribution >= 4 is 0 Å². The highest BCUT2D eigenvalue weighted by Gasteiger charge is 2.29. The minimum absolute atomic E-state index is 0.0434. The van der Waals surface area contributed by atoms with Gasteiger partial charge in [0.2, 0.25) is 0 Å². The third-order valence-electron chi connectivity index (χ3n) is 2.20. The van der Waals surface area contributed by atoms with Crippen LogP contribution in [0.25, 0.3) is 0 Å². The second-order valence-corrected chi connectivity index (χ2v) is 3.36. The van der Waals surface area contributed by atoms with Gasteiger partial charge in [-0.3, -0.25) is 0 Å². The Kier molecular flexibility index (Phi) is 6.37. The molecule has 0 aromatic carbocycles. The van der Waals surface area contributed by atoms with E-state index in [0.717, 1.165) is 12.8 Å². The van der Waals surface area contributed by atoms with Crippen LogP contribution in [0.15, 0.2) is 0 Å². The Morgan fingerprint density at radius 2 is 1.47 bits per heavy atom. The van der Waals surface area contributed by atoms with Crippen LogP contribution in [-0.2, 0) is 0 Å². The molecule has 0 N–H and O–H groups in total. The lowest BCUT2D eigenvalue weighted by Gasteiger charge is -2.13. The lowest BCUT2D eigenvalue weighted by molar-refractivity contribution is 0.454. The van der Waals surface area contributed by atoms with Crippen molar-refractivity contribution in [2.24, 2.45) is 5.41 Å². The minimum Gasteiger partial charge on any atom is -0.198 e. The molecule has 0 aliphatic heterocycles. The van der Waals surface area contributed by atoms with Crippen LogP contribution in [-0.4, -0.2) is 0 Å². The van der Waals surface area contributed by atoms with Crippen LogP contribution in [0.4, 0.5) is 0 Å². The minimum atomic E-state index is -1.15. The molecule has 0 radical (unpaired) electrons. The Hall–Kier alpha value is -2.04. The van der Waals surface area contributed by atoms with Gasteiger partial charge in [0.05, 0.1) is 30.7 Å². The fourth-order valence-corrected chi connectivity index (χ4v) is 1.25. The van der Waals surface area contributed by atoms with E-state index in [0.29, 0.717) is 19.3 Å². The van der Waals surface area contributed by atoms with Crippen molar-refractivity contribution in [3.05, 3.63) is 0 Å². The summed E-state index contributed by atoms with van der Waals surface area (Å²) in [7, 11) is 0. The van der Waals surface area contributed by atoms with Crippen molar-refractivity contribution in [1.82, 2.24) is 0 Å². The van der Waals surface area contributed by atoms with Gasteiger partial charge in [-0.05, 0) is 12.8 Å². The van der Waals surface area contributed by atoms with E-state index in [2.05, 4.69) is 0 Å². The number of nitriles is 4. The van der Waals surface area contributed by atoms with Gasteiger partial charge in [0.15, 0.2) is 5.41 Å². The van der Waals surface area contributed by atoms with Gasteiger partial charge in [0, 0.05) is 6.42 Å². The van der Waals surface area contributed by atoms with E-state index in [1.54, 1.807) is 0 Å². The predicted octanol–water partition coefficient (Wildman–Crippen LogP) is 2.41. The number of rotatable bonds is 6. The van der Waals surface area contributed by atoms with Gasteiger partial charge < -0.3 is 0 Å². The summed E-state index contributed by atoms with van der Waals surface area (Å²) in [5.41, 5.74) is -1.15. The normalized spacial score (nSPS) is 9.33. The van der Waals surface area contributed by atoms with Crippen LogP contribution in [0.2, 0.25) is 0 Å². The Balaban J connectivity index is 4.02. The first-order valence-corrected chi connectivity index (χ1v) is 4.81. The zero-order valence-electron chi connectivity index (χ0n) is 8.53.